The summed E-state index contributed by atoms with van der Waals surface area (Å²) in [5, 5.41) is 0. The maximum Gasteiger partial charge on any atom is 0.354 e. The van der Waals surface area contributed by atoms with Gasteiger partial charge in [0.25, 0.3) is 10.0 Å². The summed E-state index contributed by atoms with van der Waals surface area (Å²) in [5.74, 6) is 1.84. The average molecular weight is 480 g/mol. The summed E-state index contributed by atoms with van der Waals surface area (Å²) in [6, 6.07) is 6.80. The van der Waals surface area contributed by atoms with Crippen LogP contribution in [0.2, 0.25) is 0 Å². The Morgan fingerprint density at radius 2 is 1.77 bits per heavy atom. The molecule has 31 heavy (non-hydrogen) atoms. The van der Waals surface area contributed by atoms with E-state index in [1.165, 1.54) is 4.57 Å². The van der Waals surface area contributed by atoms with Crippen LogP contribution in [0.5, 0.6) is 0 Å². The molecule has 3 rings (SSSR count). The van der Waals surface area contributed by atoms with Crippen LogP contribution in [0.1, 0.15) is 56.2 Å². The molecule has 2 aliphatic heterocycles. The maximum atomic E-state index is 13.0. The van der Waals surface area contributed by atoms with Gasteiger partial charge >= 0.3 is 5.69 Å². The van der Waals surface area contributed by atoms with Gasteiger partial charge in [-0.3, -0.25) is 9.29 Å². The van der Waals surface area contributed by atoms with E-state index >= 15 is 0 Å². The van der Waals surface area contributed by atoms with Gasteiger partial charge in [0, 0.05) is 10.6 Å². The lowest BCUT2D eigenvalue weighted by Crippen LogP contribution is -2.17. The Labute approximate surface area is 192 Å². The van der Waals surface area contributed by atoms with Crippen LogP contribution >= 0.6 is 23.1 Å². The Balaban J connectivity index is 2.02. The summed E-state index contributed by atoms with van der Waals surface area (Å²) in [7, 11) is -3.88. The topological polar surface area (TPSA) is 81.1 Å². The fourth-order valence-electron chi connectivity index (χ4n) is 3.09. The first-order valence-electron chi connectivity index (χ1n) is 10.3. The maximum absolute atomic E-state index is 13.0. The first-order chi connectivity index (χ1) is 14.5. The molecule has 0 saturated carbocycles. The highest BCUT2D eigenvalue weighted by atomic mass is 32.2. The number of nitrogens with one attached hydrogen (secondary N) is 1. The Hall–Kier alpha value is -1.84. The molecule has 0 bridgehead atoms. The number of anilines is 1. The second-order valence-electron chi connectivity index (χ2n) is 8.32. The molecule has 9 heteroatoms. The van der Waals surface area contributed by atoms with E-state index in [9.17, 15) is 13.2 Å². The Bertz CT molecular complexity index is 1190. The molecule has 1 aromatic carbocycles. The zero-order valence-electron chi connectivity index (χ0n) is 18.7. The SMILES string of the molecule is Cc1sc(SCCC(C)C)c2c(NS(=O)(=O)c3ccc(C(C)C)cc3)nc(=O)n-2c1C. The predicted molar refractivity (Wildman–Crippen MR) is 130 cm³/mol. The van der Waals surface area contributed by atoms with Crippen molar-refractivity contribution in [3.8, 4) is 5.69 Å². The van der Waals surface area contributed by atoms with E-state index < -0.39 is 15.7 Å². The highest BCUT2D eigenvalue weighted by molar-refractivity contribution is 8.01. The van der Waals surface area contributed by atoms with E-state index in [1.807, 2.05) is 26.0 Å². The third-order valence-electron chi connectivity index (χ3n) is 5.15. The minimum atomic E-state index is -3.88. The monoisotopic (exact) mass is 479 g/mol. The molecule has 0 radical (unpaired) electrons. The Kier molecular flexibility index (Phi) is 7.18. The van der Waals surface area contributed by atoms with Crippen LogP contribution in [0.4, 0.5) is 5.82 Å². The zero-order valence-corrected chi connectivity index (χ0v) is 21.2. The van der Waals surface area contributed by atoms with E-state index in [2.05, 4.69) is 37.4 Å². The minimum absolute atomic E-state index is 0.0873. The van der Waals surface area contributed by atoms with E-state index in [-0.39, 0.29) is 10.7 Å². The molecule has 0 aromatic heterocycles. The molecule has 2 aliphatic rings. The Morgan fingerprint density at radius 3 is 2.35 bits per heavy atom. The molecule has 1 N–H and O–H groups in total. The summed E-state index contributed by atoms with van der Waals surface area (Å²) in [4.78, 5) is 17.9. The third kappa shape index (κ3) is 5.15. The molecule has 1 aromatic rings. The van der Waals surface area contributed by atoms with Gasteiger partial charge in [-0.15, -0.1) is 23.1 Å². The molecule has 2 heterocycles. The normalized spacial score (nSPS) is 12.3. The number of thioether (sulfide) groups is 1. The van der Waals surface area contributed by atoms with Crippen LogP contribution in [0.15, 0.2) is 38.2 Å². The van der Waals surface area contributed by atoms with Crippen molar-refractivity contribution in [1.82, 2.24) is 9.55 Å². The minimum Gasteiger partial charge on any atom is -0.261 e. The van der Waals surface area contributed by atoms with Gasteiger partial charge in [0.2, 0.25) is 0 Å². The summed E-state index contributed by atoms with van der Waals surface area (Å²) in [5.41, 5.74) is 1.90. The molecule has 0 aliphatic carbocycles. The third-order valence-corrected chi connectivity index (χ3v) is 8.98. The summed E-state index contributed by atoms with van der Waals surface area (Å²) in [6.07, 6.45) is 1.03. The number of hydrogen-bond donors (Lipinski definition) is 1. The van der Waals surface area contributed by atoms with Crippen LogP contribution in [0.3, 0.4) is 0 Å². The van der Waals surface area contributed by atoms with Gasteiger partial charge in [0.1, 0.15) is 5.69 Å². The number of aromatic nitrogens is 2. The summed E-state index contributed by atoms with van der Waals surface area (Å²) >= 11 is 3.21. The predicted octanol–water partition coefficient (Wildman–Crippen LogP) is 5.41. The van der Waals surface area contributed by atoms with E-state index in [1.54, 1.807) is 35.2 Å². The van der Waals surface area contributed by atoms with Crippen LogP contribution < -0.4 is 10.4 Å². The second-order valence-corrected chi connectivity index (χ2v) is 12.6. The number of hydrogen-bond acceptors (Lipinski definition) is 6. The molecule has 0 unspecified atom stereocenters. The summed E-state index contributed by atoms with van der Waals surface area (Å²) < 4.78 is 31.1. The molecule has 0 saturated heterocycles. The van der Waals surface area contributed by atoms with Gasteiger partial charge in [0.05, 0.1) is 9.10 Å². The lowest BCUT2D eigenvalue weighted by atomic mass is 10.0. The number of imidazole rings is 1. The van der Waals surface area contributed by atoms with Crippen LogP contribution in [-0.4, -0.2) is 23.7 Å². The fraction of sp³-hybridized carbons (Fsp3) is 0.455. The van der Waals surface area contributed by atoms with Crippen LogP contribution in [-0.2, 0) is 10.0 Å². The lowest BCUT2D eigenvalue weighted by Gasteiger charge is -2.16. The smallest absolute Gasteiger partial charge is 0.261 e. The van der Waals surface area contributed by atoms with Crippen molar-refractivity contribution in [2.45, 2.75) is 63.0 Å². The van der Waals surface area contributed by atoms with Crippen molar-refractivity contribution in [2.75, 3.05) is 10.5 Å². The highest BCUT2D eigenvalue weighted by Gasteiger charge is 2.27. The van der Waals surface area contributed by atoms with Gasteiger partial charge in [-0.05, 0) is 55.6 Å². The van der Waals surface area contributed by atoms with Crippen molar-refractivity contribution in [3.63, 3.8) is 0 Å². The largest absolute Gasteiger partial charge is 0.354 e. The van der Waals surface area contributed by atoms with Gasteiger partial charge in [-0.25, -0.2) is 13.2 Å². The summed E-state index contributed by atoms with van der Waals surface area (Å²) in [6.45, 7) is 12.3. The zero-order chi connectivity index (χ0) is 22.9. The lowest BCUT2D eigenvalue weighted by molar-refractivity contribution is 0.601. The first kappa shape index (κ1) is 23.8. The Morgan fingerprint density at radius 1 is 1.13 bits per heavy atom. The average Bonchev–Trinajstić information content (AvgIpc) is 3.01. The van der Waals surface area contributed by atoms with E-state index in [0.29, 0.717) is 17.5 Å². The van der Waals surface area contributed by atoms with E-state index in [4.69, 9.17) is 0 Å². The number of benzene rings is 1. The number of rotatable bonds is 8. The van der Waals surface area contributed by atoms with Crippen molar-refractivity contribution in [2.24, 2.45) is 5.92 Å². The quantitative estimate of drug-likeness (QED) is 0.437. The fourth-order valence-corrected chi connectivity index (χ4v) is 6.86. The standard InChI is InChI=1S/C22H29N3O3S3/c1-13(2)11-12-29-21-19-20(23-22(26)25(19)15(5)16(6)30-21)24-31(27,28)18-9-7-17(8-10-18)14(3)4/h7-10,13-14H,11-12H2,1-6H3,(H,23,24,26). The van der Waals surface area contributed by atoms with Crippen molar-refractivity contribution in [3.05, 3.63) is 50.9 Å². The number of nitrogens with zero attached hydrogens (tertiary/aromatic N) is 2. The van der Waals surface area contributed by atoms with Gasteiger partial charge in [-0.2, -0.15) is 4.98 Å². The van der Waals surface area contributed by atoms with Gasteiger partial charge in [0.15, 0.2) is 5.82 Å². The van der Waals surface area contributed by atoms with E-state index in [0.717, 1.165) is 32.5 Å². The molecular weight excluding hydrogens is 450 g/mol. The molecule has 6 nitrogen and oxygen atoms in total. The molecule has 0 spiro atoms. The van der Waals surface area contributed by atoms with Crippen molar-refractivity contribution >= 4 is 38.9 Å². The number of fused-ring (bicyclic) bond motifs is 1. The van der Waals surface area contributed by atoms with Crippen molar-refractivity contribution < 1.29 is 8.42 Å². The first-order valence-corrected chi connectivity index (χ1v) is 13.6. The van der Waals surface area contributed by atoms with Crippen LogP contribution in [0.25, 0.3) is 5.69 Å². The number of aryl methyl sites for hydroxylation is 1. The van der Waals surface area contributed by atoms with Gasteiger partial charge in [-0.1, -0.05) is 39.8 Å². The van der Waals surface area contributed by atoms with Gasteiger partial charge < -0.3 is 0 Å². The number of sulfonamides is 1. The molecule has 168 valence electrons. The van der Waals surface area contributed by atoms with Crippen molar-refractivity contribution in [1.29, 1.82) is 0 Å². The highest BCUT2D eigenvalue weighted by Crippen LogP contribution is 2.39. The molecule has 0 amide bonds. The molecule has 0 fully saturated rings. The second kappa shape index (κ2) is 9.34. The molecular formula is C22H29N3O3S3. The van der Waals surface area contributed by atoms with Crippen LogP contribution in [0, 0.1) is 19.8 Å². The molecule has 0 atom stereocenters.